The number of imidazole rings is 1. The summed E-state index contributed by atoms with van der Waals surface area (Å²) in [7, 11) is 0. The van der Waals surface area contributed by atoms with Crippen LogP contribution in [0.15, 0.2) is 140 Å². The molecule has 0 bridgehead atoms. The Morgan fingerprint density at radius 1 is 0.745 bits per heavy atom. The molecule has 0 atom stereocenters. The Morgan fingerprint density at radius 2 is 1.29 bits per heavy atom. The normalized spacial score (nSPS) is 11.9. The average Bonchev–Trinajstić information content (AvgIpc) is 3.85. The summed E-state index contributed by atoms with van der Waals surface area (Å²) in [6.45, 7) is 6.37. The molecule has 278 valence electrons. The third-order valence-corrected chi connectivity index (χ3v) is 11.3. The molecule has 0 aliphatic rings. The second-order valence-corrected chi connectivity index (χ2v) is 15.6. The Labute approximate surface area is 325 Å². The maximum Gasteiger partial charge on any atom is 0.354 e. The van der Waals surface area contributed by atoms with E-state index in [1.165, 1.54) is 11.8 Å². The standard InChI is InChI=1S/C45H44N6O3S/c1-4-16-39-46-41(44(2,3)55-30-29-52)40(43(53)54)50(39)31-32-25-27-33(28-26-32)37-23-14-15-24-38(37)42-47-48-49-51(42)45(34-17-8-5-9-18-34,35-19-10-6-11-20-35)36-21-12-7-13-22-36/h5-15,17-28,52H,4,16,29-31H2,1-3H3,(H,53,54). The smallest absolute Gasteiger partial charge is 0.354 e. The number of carboxylic acid groups (broad SMARTS) is 1. The number of rotatable bonds is 15. The topological polar surface area (TPSA) is 119 Å². The van der Waals surface area contributed by atoms with E-state index in [9.17, 15) is 15.0 Å². The number of thioether (sulfide) groups is 1. The van der Waals surface area contributed by atoms with Crippen molar-refractivity contribution >= 4 is 17.7 Å². The molecule has 55 heavy (non-hydrogen) atoms. The van der Waals surface area contributed by atoms with Gasteiger partial charge in [-0.2, -0.15) is 0 Å². The van der Waals surface area contributed by atoms with Crippen molar-refractivity contribution in [2.75, 3.05) is 12.4 Å². The first-order valence-corrected chi connectivity index (χ1v) is 19.5. The molecule has 0 fully saturated rings. The predicted octanol–water partition coefficient (Wildman–Crippen LogP) is 8.70. The molecule has 2 heterocycles. The van der Waals surface area contributed by atoms with Gasteiger partial charge in [-0.25, -0.2) is 14.5 Å². The maximum atomic E-state index is 12.8. The van der Waals surface area contributed by atoms with Crippen molar-refractivity contribution in [3.05, 3.63) is 179 Å². The molecule has 2 N–H and O–H groups in total. The molecule has 0 unspecified atom stereocenters. The van der Waals surface area contributed by atoms with E-state index in [0.717, 1.165) is 51.2 Å². The van der Waals surface area contributed by atoms with Gasteiger partial charge in [0.15, 0.2) is 11.5 Å². The van der Waals surface area contributed by atoms with Crippen molar-refractivity contribution in [2.45, 2.75) is 50.4 Å². The summed E-state index contributed by atoms with van der Waals surface area (Å²) in [6, 6.07) is 47.4. The van der Waals surface area contributed by atoms with Crippen LogP contribution in [0.5, 0.6) is 0 Å². The molecule has 0 saturated heterocycles. The summed E-state index contributed by atoms with van der Waals surface area (Å²) in [5.41, 5.74) is 6.63. The zero-order chi connectivity index (χ0) is 38.4. The van der Waals surface area contributed by atoms with Gasteiger partial charge in [-0.3, -0.25) is 0 Å². The number of aliphatic hydroxyl groups excluding tert-OH is 1. The van der Waals surface area contributed by atoms with Crippen molar-refractivity contribution in [2.24, 2.45) is 0 Å². The van der Waals surface area contributed by atoms with Crippen LogP contribution in [-0.4, -0.2) is 58.3 Å². The van der Waals surface area contributed by atoms with Gasteiger partial charge in [0.25, 0.3) is 0 Å². The molecule has 0 aliphatic heterocycles. The molecule has 9 nitrogen and oxygen atoms in total. The van der Waals surface area contributed by atoms with Crippen LogP contribution in [-0.2, 0) is 23.3 Å². The third kappa shape index (κ3) is 7.23. The molecule has 0 spiro atoms. The number of aryl methyl sites for hydroxylation is 1. The van der Waals surface area contributed by atoms with E-state index < -0.39 is 16.3 Å². The highest BCUT2D eigenvalue weighted by Gasteiger charge is 2.42. The Bertz CT molecular complexity index is 2260. The first-order chi connectivity index (χ1) is 26.8. The van der Waals surface area contributed by atoms with Crippen LogP contribution in [0, 0.1) is 0 Å². The minimum Gasteiger partial charge on any atom is -0.477 e. The van der Waals surface area contributed by atoms with Crippen LogP contribution >= 0.6 is 11.8 Å². The van der Waals surface area contributed by atoms with Gasteiger partial charge >= 0.3 is 5.97 Å². The van der Waals surface area contributed by atoms with Gasteiger partial charge in [-0.05, 0) is 64.1 Å². The first kappa shape index (κ1) is 37.5. The molecule has 0 amide bonds. The second-order valence-electron chi connectivity index (χ2n) is 13.9. The second kappa shape index (κ2) is 16.3. The van der Waals surface area contributed by atoms with Crippen LogP contribution in [0.4, 0.5) is 0 Å². The van der Waals surface area contributed by atoms with E-state index in [2.05, 4.69) is 72.8 Å². The summed E-state index contributed by atoms with van der Waals surface area (Å²) in [4.78, 5) is 17.7. The zero-order valence-corrected chi connectivity index (χ0v) is 32.0. The monoisotopic (exact) mass is 748 g/mol. The fourth-order valence-corrected chi connectivity index (χ4v) is 8.36. The van der Waals surface area contributed by atoms with E-state index >= 15 is 0 Å². The minimum absolute atomic E-state index is 0.0113. The molecule has 7 aromatic rings. The fourth-order valence-electron chi connectivity index (χ4n) is 7.48. The fraction of sp³-hybridized carbons (Fsp3) is 0.222. The van der Waals surface area contributed by atoms with Gasteiger partial charge < -0.3 is 14.8 Å². The lowest BCUT2D eigenvalue weighted by molar-refractivity contribution is 0.0683. The van der Waals surface area contributed by atoms with Gasteiger partial charge in [0, 0.05) is 24.3 Å². The Balaban J connectivity index is 1.32. The molecular weight excluding hydrogens is 705 g/mol. The van der Waals surface area contributed by atoms with Crippen LogP contribution < -0.4 is 0 Å². The van der Waals surface area contributed by atoms with Gasteiger partial charge in [0.1, 0.15) is 11.4 Å². The SMILES string of the molecule is CCCc1nc(C(C)(C)SCCO)c(C(=O)O)n1Cc1ccc(-c2ccccc2-c2nnnn2C(c2ccccc2)(c2ccccc2)c2ccccc2)cc1. The lowest BCUT2D eigenvalue weighted by atomic mass is 9.77. The van der Waals surface area contributed by atoms with Crippen molar-refractivity contribution in [3.8, 4) is 22.5 Å². The summed E-state index contributed by atoms with van der Waals surface area (Å²) in [5.74, 6) is 0.832. The molecule has 7 rings (SSSR count). The number of tetrazole rings is 1. The Hall–Kier alpha value is -5.84. The molecule has 5 aromatic carbocycles. The van der Waals surface area contributed by atoms with Crippen LogP contribution in [0.2, 0.25) is 0 Å². The van der Waals surface area contributed by atoms with E-state index in [1.54, 1.807) is 0 Å². The Morgan fingerprint density at radius 3 is 1.82 bits per heavy atom. The van der Waals surface area contributed by atoms with Crippen molar-refractivity contribution in [1.29, 1.82) is 0 Å². The number of nitrogens with zero attached hydrogens (tertiary/aromatic N) is 6. The lowest BCUT2D eigenvalue weighted by Gasteiger charge is -2.36. The van der Waals surface area contributed by atoms with Gasteiger partial charge in [0.05, 0.1) is 17.0 Å². The first-order valence-electron chi connectivity index (χ1n) is 18.5. The molecule has 2 aromatic heterocycles. The highest BCUT2D eigenvalue weighted by molar-refractivity contribution is 8.00. The summed E-state index contributed by atoms with van der Waals surface area (Å²) in [6.07, 6.45) is 1.48. The molecule has 10 heteroatoms. The number of carboxylic acids is 1. The molecular formula is C45H44N6O3S. The number of aromatic carboxylic acids is 1. The molecule has 0 aliphatic carbocycles. The van der Waals surface area contributed by atoms with Crippen LogP contribution in [0.3, 0.4) is 0 Å². The minimum atomic E-state index is -1.01. The summed E-state index contributed by atoms with van der Waals surface area (Å²) >= 11 is 1.50. The van der Waals surface area contributed by atoms with E-state index in [4.69, 9.17) is 15.3 Å². The third-order valence-electron chi connectivity index (χ3n) is 9.98. The number of hydrogen-bond donors (Lipinski definition) is 2. The average molecular weight is 749 g/mol. The molecule has 0 saturated carbocycles. The van der Waals surface area contributed by atoms with Crippen molar-refractivity contribution in [3.63, 3.8) is 0 Å². The van der Waals surface area contributed by atoms with Crippen molar-refractivity contribution < 1.29 is 15.0 Å². The van der Waals surface area contributed by atoms with E-state index in [-0.39, 0.29) is 12.3 Å². The number of hydrogen-bond acceptors (Lipinski definition) is 7. The van der Waals surface area contributed by atoms with Crippen molar-refractivity contribution in [1.82, 2.24) is 29.8 Å². The van der Waals surface area contributed by atoms with E-state index in [0.29, 0.717) is 30.2 Å². The van der Waals surface area contributed by atoms with Crippen LogP contribution in [0.1, 0.15) is 71.5 Å². The van der Waals surface area contributed by atoms with E-state index in [1.807, 2.05) is 102 Å². The quantitative estimate of drug-likeness (QED) is 0.100. The summed E-state index contributed by atoms with van der Waals surface area (Å²) in [5, 5.41) is 33.7. The highest BCUT2D eigenvalue weighted by Crippen LogP contribution is 2.43. The van der Waals surface area contributed by atoms with Gasteiger partial charge in [-0.15, -0.1) is 16.9 Å². The number of aliphatic hydroxyl groups is 1. The van der Waals surface area contributed by atoms with Gasteiger partial charge in [-0.1, -0.05) is 146 Å². The lowest BCUT2D eigenvalue weighted by Crippen LogP contribution is -2.39. The van der Waals surface area contributed by atoms with Crippen LogP contribution in [0.25, 0.3) is 22.5 Å². The largest absolute Gasteiger partial charge is 0.477 e. The summed E-state index contributed by atoms with van der Waals surface area (Å²) < 4.78 is 3.20. The molecule has 0 radical (unpaired) electrons. The Kier molecular flexibility index (Phi) is 11.1. The predicted molar refractivity (Wildman–Crippen MR) is 218 cm³/mol. The highest BCUT2D eigenvalue weighted by atomic mass is 32.2. The maximum absolute atomic E-state index is 12.8. The zero-order valence-electron chi connectivity index (χ0n) is 31.2. The number of aromatic nitrogens is 6. The van der Waals surface area contributed by atoms with Gasteiger partial charge in [0.2, 0.25) is 0 Å². The number of benzene rings is 5. The number of carbonyl (C=O) groups is 1.